The van der Waals surface area contributed by atoms with E-state index in [1.54, 1.807) is 0 Å². The van der Waals surface area contributed by atoms with Crippen LogP contribution in [0.5, 0.6) is 0 Å². The van der Waals surface area contributed by atoms with E-state index in [9.17, 15) is 0 Å². The zero-order valence-corrected chi connectivity index (χ0v) is 19.0. The summed E-state index contributed by atoms with van der Waals surface area (Å²) in [6, 6.07) is 8.29. The molecule has 25 heavy (non-hydrogen) atoms. The van der Waals surface area contributed by atoms with Crippen molar-refractivity contribution in [2.45, 2.75) is 33.4 Å². The van der Waals surface area contributed by atoms with E-state index in [-0.39, 0.29) is 24.0 Å². The van der Waals surface area contributed by atoms with Crippen LogP contribution >= 0.6 is 39.9 Å². The Hall–Kier alpha value is -1.09. The number of rotatable bonds is 7. The summed E-state index contributed by atoms with van der Waals surface area (Å²) in [5, 5.41) is 7.67. The van der Waals surface area contributed by atoms with Crippen LogP contribution in [0.4, 0.5) is 0 Å². The summed E-state index contributed by atoms with van der Waals surface area (Å²) in [6.07, 6.45) is 4.92. The van der Waals surface area contributed by atoms with Gasteiger partial charge in [0, 0.05) is 43.9 Å². The van der Waals surface area contributed by atoms with Gasteiger partial charge in [0.25, 0.3) is 0 Å². The maximum absolute atomic E-state index is 4.74. The second kappa shape index (κ2) is 11.5. The highest BCUT2D eigenvalue weighted by Crippen LogP contribution is 2.17. The molecule has 0 saturated heterocycles. The van der Waals surface area contributed by atoms with Crippen molar-refractivity contribution in [1.29, 1.82) is 0 Å². The van der Waals surface area contributed by atoms with Gasteiger partial charge in [-0.1, -0.05) is 34.1 Å². The van der Waals surface area contributed by atoms with Crippen LogP contribution in [0, 0.1) is 6.92 Å². The molecule has 0 aliphatic heterocycles. The van der Waals surface area contributed by atoms with Crippen molar-refractivity contribution in [3.05, 3.63) is 52.3 Å². The molecule has 0 aliphatic rings. The van der Waals surface area contributed by atoms with E-state index in [0.717, 1.165) is 43.0 Å². The number of hydrogen-bond donors (Lipinski definition) is 1. The first-order valence-corrected chi connectivity index (χ1v) is 9.11. The Labute approximate surface area is 176 Å². The number of aliphatic imine (C=N–C) groups is 1. The Balaban J connectivity index is 0.00000312. The van der Waals surface area contributed by atoms with Crippen LogP contribution in [0.25, 0.3) is 0 Å². The quantitative estimate of drug-likeness (QED) is 0.260. The molecule has 5 nitrogen and oxygen atoms in total. The first-order valence-electron chi connectivity index (χ1n) is 8.32. The highest BCUT2D eigenvalue weighted by molar-refractivity contribution is 14.0. The summed E-state index contributed by atoms with van der Waals surface area (Å²) >= 11 is 3.61. The number of nitrogens with zero attached hydrogens (tertiary/aromatic N) is 4. The van der Waals surface area contributed by atoms with Crippen molar-refractivity contribution in [1.82, 2.24) is 20.0 Å². The summed E-state index contributed by atoms with van der Waals surface area (Å²) in [7, 11) is 2.07. The molecule has 1 heterocycles. The smallest absolute Gasteiger partial charge is 0.193 e. The second-order valence-electron chi connectivity index (χ2n) is 5.82. The number of aryl methyl sites for hydroxylation is 2. The highest BCUT2D eigenvalue weighted by Gasteiger charge is 2.08. The van der Waals surface area contributed by atoms with Gasteiger partial charge in [0.1, 0.15) is 0 Å². The number of halogens is 2. The minimum absolute atomic E-state index is 0. The highest BCUT2D eigenvalue weighted by atomic mass is 127. The molecule has 0 radical (unpaired) electrons. The third-order valence-corrected chi connectivity index (χ3v) is 4.40. The molecule has 7 heteroatoms. The third kappa shape index (κ3) is 7.35. The SMILES string of the molecule is CCNC(=NCCCn1cc(C)cn1)N(C)Cc1ccccc1Br.I. The van der Waals surface area contributed by atoms with Crippen LogP contribution in [0.3, 0.4) is 0 Å². The summed E-state index contributed by atoms with van der Waals surface area (Å²) in [6.45, 7) is 7.49. The molecule has 0 bridgehead atoms. The maximum Gasteiger partial charge on any atom is 0.193 e. The Morgan fingerprint density at radius 1 is 1.36 bits per heavy atom. The fourth-order valence-electron chi connectivity index (χ4n) is 2.43. The van der Waals surface area contributed by atoms with Gasteiger partial charge in [0.05, 0.1) is 6.20 Å². The van der Waals surface area contributed by atoms with Gasteiger partial charge < -0.3 is 10.2 Å². The van der Waals surface area contributed by atoms with Crippen LogP contribution in [-0.2, 0) is 13.1 Å². The van der Waals surface area contributed by atoms with Crippen molar-refractivity contribution in [3.63, 3.8) is 0 Å². The third-order valence-electron chi connectivity index (χ3n) is 3.63. The molecule has 0 fully saturated rings. The van der Waals surface area contributed by atoms with Gasteiger partial charge >= 0.3 is 0 Å². The first kappa shape index (κ1) is 22.0. The Kier molecular flexibility index (Phi) is 10.1. The van der Waals surface area contributed by atoms with Gasteiger partial charge in [-0.15, -0.1) is 24.0 Å². The van der Waals surface area contributed by atoms with E-state index in [1.165, 1.54) is 11.1 Å². The molecule has 138 valence electrons. The van der Waals surface area contributed by atoms with Crippen LogP contribution in [0.2, 0.25) is 0 Å². The van der Waals surface area contributed by atoms with Gasteiger partial charge in [-0.05, 0) is 37.5 Å². The molecule has 0 atom stereocenters. The largest absolute Gasteiger partial charge is 0.357 e. The monoisotopic (exact) mass is 519 g/mol. The molecular weight excluding hydrogens is 493 g/mol. The molecule has 1 N–H and O–H groups in total. The van der Waals surface area contributed by atoms with Gasteiger partial charge in [-0.3, -0.25) is 9.67 Å². The summed E-state index contributed by atoms with van der Waals surface area (Å²) < 4.78 is 3.10. The Morgan fingerprint density at radius 3 is 2.76 bits per heavy atom. The fraction of sp³-hybridized carbons (Fsp3) is 0.444. The zero-order valence-electron chi connectivity index (χ0n) is 15.1. The lowest BCUT2D eigenvalue weighted by atomic mass is 10.2. The lowest BCUT2D eigenvalue weighted by molar-refractivity contribution is 0.474. The number of benzene rings is 1. The molecular formula is C18H27BrIN5. The van der Waals surface area contributed by atoms with Crippen LogP contribution in [-0.4, -0.2) is 40.8 Å². The lowest BCUT2D eigenvalue weighted by Crippen LogP contribution is -2.38. The predicted molar refractivity (Wildman–Crippen MR) is 119 cm³/mol. The number of nitrogens with one attached hydrogen (secondary N) is 1. The normalized spacial score (nSPS) is 11.1. The van der Waals surface area contributed by atoms with Crippen molar-refractivity contribution in [2.75, 3.05) is 20.1 Å². The van der Waals surface area contributed by atoms with Crippen molar-refractivity contribution >= 4 is 45.9 Å². The lowest BCUT2D eigenvalue weighted by Gasteiger charge is -2.22. The molecule has 1 aromatic carbocycles. The number of aromatic nitrogens is 2. The first-order chi connectivity index (χ1) is 11.6. The van der Waals surface area contributed by atoms with Crippen molar-refractivity contribution in [3.8, 4) is 0 Å². The number of guanidine groups is 1. The second-order valence-corrected chi connectivity index (χ2v) is 6.67. The molecule has 2 rings (SSSR count). The van der Waals surface area contributed by atoms with E-state index in [0.29, 0.717) is 0 Å². The molecule has 0 saturated carbocycles. The average Bonchev–Trinajstić information content (AvgIpc) is 2.98. The van der Waals surface area contributed by atoms with Gasteiger partial charge in [-0.25, -0.2) is 0 Å². The molecule has 0 spiro atoms. The minimum atomic E-state index is 0. The summed E-state index contributed by atoms with van der Waals surface area (Å²) in [5.74, 6) is 0.935. The van der Waals surface area contributed by atoms with Gasteiger partial charge in [0.15, 0.2) is 5.96 Å². The van der Waals surface area contributed by atoms with E-state index < -0.39 is 0 Å². The maximum atomic E-state index is 4.74. The van der Waals surface area contributed by atoms with Gasteiger partial charge in [-0.2, -0.15) is 5.10 Å². The van der Waals surface area contributed by atoms with Crippen LogP contribution in [0.1, 0.15) is 24.5 Å². The predicted octanol–water partition coefficient (Wildman–Crippen LogP) is 4.06. The Bertz CT molecular complexity index is 671. The van der Waals surface area contributed by atoms with Crippen LogP contribution < -0.4 is 5.32 Å². The molecule has 0 unspecified atom stereocenters. The summed E-state index contributed by atoms with van der Waals surface area (Å²) in [4.78, 5) is 6.89. The van der Waals surface area contributed by atoms with E-state index >= 15 is 0 Å². The van der Waals surface area contributed by atoms with Crippen LogP contribution in [0.15, 0.2) is 46.1 Å². The van der Waals surface area contributed by atoms with E-state index in [1.807, 2.05) is 16.9 Å². The topological polar surface area (TPSA) is 45.5 Å². The molecule has 0 amide bonds. The minimum Gasteiger partial charge on any atom is -0.357 e. The zero-order chi connectivity index (χ0) is 17.4. The molecule has 1 aromatic heterocycles. The van der Waals surface area contributed by atoms with Gasteiger partial charge in [0.2, 0.25) is 0 Å². The number of hydrogen-bond acceptors (Lipinski definition) is 2. The average molecular weight is 520 g/mol. The molecule has 0 aliphatic carbocycles. The molecule has 2 aromatic rings. The van der Waals surface area contributed by atoms with E-state index in [4.69, 9.17) is 4.99 Å². The standard InChI is InChI=1S/C18H26BrN5.HI/c1-4-20-18(21-10-7-11-24-13-15(2)12-22-24)23(3)14-16-8-5-6-9-17(16)19;/h5-6,8-9,12-13H,4,7,10-11,14H2,1-3H3,(H,20,21);1H. The Morgan fingerprint density at radius 2 is 2.12 bits per heavy atom. The van der Waals surface area contributed by atoms with Crippen molar-refractivity contribution < 1.29 is 0 Å². The van der Waals surface area contributed by atoms with Crippen molar-refractivity contribution in [2.24, 2.45) is 4.99 Å². The van der Waals surface area contributed by atoms with E-state index in [2.05, 4.69) is 76.5 Å². The fourth-order valence-corrected chi connectivity index (χ4v) is 2.84. The summed E-state index contributed by atoms with van der Waals surface area (Å²) in [5.41, 5.74) is 2.44.